The van der Waals surface area contributed by atoms with Gasteiger partial charge in [0.25, 0.3) is 5.91 Å². The zero-order chi connectivity index (χ0) is 17.4. The molecule has 0 unspecified atom stereocenters. The summed E-state index contributed by atoms with van der Waals surface area (Å²) in [5.74, 6) is 2.25. The van der Waals surface area contributed by atoms with Crippen molar-refractivity contribution in [3.63, 3.8) is 0 Å². The molecule has 2 aromatic rings. The van der Waals surface area contributed by atoms with Crippen LogP contribution in [0.4, 0.5) is 5.82 Å². The summed E-state index contributed by atoms with van der Waals surface area (Å²) in [5.41, 5.74) is 2.45. The fourth-order valence-electron chi connectivity index (χ4n) is 3.16. The van der Waals surface area contributed by atoms with Crippen LogP contribution in [-0.2, 0) is 0 Å². The highest BCUT2D eigenvalue weighted by Gasteiger charge is 2.25. The van der Waals surface area contributed by atoms with Gasteiger partial charge in [-0.05, 0) is 32.0 Å². The van der Waals surface area contributed by atoms with E-state index in [1.54, 1.807) is 24.4 Å². The maximum atomic E-state index is 12.7. The van der Waals surface area contributed by atoms with Gasteiger partial charge in [0.1, 0.15) is 5.82 Å². The van der Waals surface area contributed by atoms with Gasteiger partial charge in [0, 0.05) is 37.9 Å². The maximum Gasteiger partial charge on any atom is 0.254 e. The van der Waals surface area contributed by atoms with Crippen LogP contribution in [0.2, 0.25) is 0 Å². The van der Waals surface area contributed by atoms with E-state index in [0.29, 0.717) is 30.2 Å². The van der Waals surface area contributed by atoms with Gasteiger partial charge in [0.2, 0.25) is 6.79 Å². The number of amides is 1. The predicted octanol–water partition coefficient (Wildman–Crippen LogP) is 1.78. The third kappa shape index (κ3) is 2.97. The van der Waals surface area contributed by atoms with Gasteiger partial charge in [0.15, 0.2) is 11.5 Å². The van der Waals surface area contributed by atoms with Crippen LogP contribution in [-0.4, -0.2) is 53.7 Å². The topological polar surface area (TPSA) is 67.8 Å². The lowest BCUT2D eigenvalue weighted by Gasteiger charge is -2.36. The molecule has 0 saturated carbocycles. The van der Waals surface area contributed by atoms with Gasteiger partial charge in [-0.15, -0.1) is 0 Å². The standard InChI is InChI=1S/C18H20N4O3/c1-12-10-19-13(2)17(20-12)21-5-7-22(8-6-21)18(23)14-3-4-15-16(9-14)25-11-24-15/h3-4,9-10H,5-8,11H2,1-2H3. The molecule has 0 bridgehead atoms. The van der Waals surface area contributed by atoms with E-state index in [0.717, 1.165) is 30.3 Å². The fourth-order valence-corrected chi connectivity index (χ4v) is 3.16. The number of rotatable bonds is 2. The summed E-state index contributed by atoms with van der Waals surface area (Å²) in [6.07, 6.45) is 1.78. The second-order valence-electron chi connectivity index (χ2n) is 6.27. The Labute approximate surface area is 146 Å². The number of aromatic nitrogens is 2. The number of hydrogen-bond donors (Lipinski definition) is 0. The molecule has 0 radical (unpaired) electrons. The SMILES string of the molecule is Cc1cnc(C)c(N2CCN(C(=O)c3ccc4c(c3)OCO4)CC2)n1. The highest BCUT2D eigenvalue weighted by atomic mass is 16.7. The minimum Gasteiger partial charge on any atom is -0.454 e. The molecule has 0 aliphatic carbocycles. The first-order chi connectivity index (χ1) is 12.1. The Bertz CT molecular complexity index is 816. The summed E-state index contributed by atoms with van der Waals surface area (Å²) in [6.45, 7) is 6.92. The Morgan fingerprint density at radius 1 is 1.08 bits per heavy atom. The Hall–Kier alpha value is -2.83. The van der Waals surface area contributed by atoms with Gasteiger partial charge in [-0.25, -0.2) is 4.98 Å². The molecule has 2 aliphatic rings. The predicted molar refractivity (Wildman–Crippen MR) is 92.2 cm³/mol. The lowest BCUT2D eigenvalue weighted by atomic mass is 10.1. The Morgan fingerprint density at radius 2 is 1.84 bits per heavy atom. The molecule has 0 atom stereocenters. The second-order valence-corrected chi connectivity index (χ2v) is 6.27. The van der Waals surface area contributed by atoms with E-state index in [1.807, 2.05) is 18.7 Å². The van der Waals surface area contributed by atoms with Gasteiger partial charge in [-0.1, -0.05) is 0 Å². The first kappa shape index (κ1) is 15.7. The molecule has 130 valence electrons. The van der Waals surface area contributed by atoms with Crippen LogP contribution < -0.4 is 14.4 Å². The van der Waals surface area contributed by atoms with Gasteiger partial charge in [0.05, 0.1) is 11.4 Å². The van der Waals surface area contributed by atoms with Crippen molar-refractivity contribution in [3.8, 4) is 11.5 Å². The monoisotopic (exact) mass is 340 g/mol. The van der Waals surface area contributed by atoms with Gasteiger partial charge >= 0.3 is 0 Å². The highest BCUT2D eigenvalue weighted by molar-refractivity contribution is 5.95. The van der Waals surface area contributed by atoms with Crippen molar-refractivity contribution in [1.82, 2.24) is 14.9 Å². The van der Waals surface area contributed by atoms with E-state index in [4.69, 9.17) is 9.47 Å². The zero-order valence-electron chi connectivity index (χ0n) is 14.4. The minimum absolute atomic E-state index is 0.0185. The molecule has 1 aromatic heterocycles. The number of anilines is 1. The number of ether oxygens (including phenoxy) is 2. The number of fused-ring (bicyclic) bond motifs is 1. The molecule has 1 fully saturated rings. The van der Waals surface area contributed by atoms with Crippen LogP contribution in [0.3, 0.4) is 0 Å². The van der Waals surface area contributed by atoms with Gasteiger partial charge < -0.3 is 19.3 Å². The van der Waals surface area contributed by atoms with Crippen molar-refractivity contribution >= 4 is 11.7 Å². The van der Waals surface area contributed by atoms with E-state index in [-0.39, 0.29) is 12.7 Å². The molecule has 7 nitrogen and oxygen atoms in total. The average molecular weight is 340 g/mol. The largest absolute Gasteiger partial charge is 0.454 e. The Morgan fingerprint density at radius 3 is 2.64 bits per heavy atom. The number of benzene rings is 1. The molecule has 2 aliphatic heterocycles. The maximum absolute atomic E-state index is 12.7. The normalized spacial score (nSPS) is 16.2. The molecule has 3 heterocycles. The first-order valence-corrected chi connectivity index (χ1v) is 8.36. The Balaban J connectivity index is 1.45. The zero-order valence-corrected chi connectivity index (χ0v) is 14.4. The summed E-state index contributed by atoms with van der Waals surface area (Å²) in [7, 11) is 0. The van der Waals surface area contributed by atoms with Crippen molar-refractivity contribution in [2.45, 2.75) is 13.8 Å². The van der Waals surface area contributed by atoms with Gasteiger partial charge in [-0.2, -0.15) is 0 Å². The Kier molecular flexibility index (Phi) is 3.91. The van der Waals surface area contributed by atoms with Crippen LogP contribution >= 0.6 is 0 Å². The average Bonchev–Trinajstić information content (AvgIpc) is 3.11. The van der Waals surface area contributed by atoms with Crippen LogP contribution in [0.5, 0.6) is 11.5 Å². The van der Waals surface area contributed by atoms with Crippen molar-refractivity contribution in [2.24, 2.45) is 0 Å². The van der Waals surface area contributed by atoms with Gasteiger partial charge in [-0.3, -0.25) is 9.78 Å². The van der Waals surface area contributed by atoms with E-state index in [1.165, 1.54) is 0 Å². The summed E-state index contributed by atoms with van der Waals surface area (Å²) in [6, 6.07) is 5.34. The summed E-state index contributed by atoms with van der Waals surface area (Å²) in [5, 5.41) is 0. The molecule has 25 heavy (non-hydrogen) atoms. The summed E-state index contributed by atoms with van der Waals surface area (Å²) >= 11 is 0. The molecular weight excluding hydrogens is 320 g/mol. The summed E-state index contributed by atoms with van der Waals surface area (Å²) < 4.78 is 10.7. The molecule has 4 rings (SSSR count). The van der Waals surface area contributed by atoms with Crippen molar-refractivity contribution in [2.75, 3.05) is 37.9 Å². The summed E-state index contributed by atoms with van der Waals surface area (Å²) in [4.78, 5) is 25.8. The van der Waals surface area contributed by atoms with Crippen LogP contribution in [0.1, 0.15) is 21.7 Å². The molecule has 1 amide bonds. The third-order valence-electron chi connectivity index (χ3n) is 4.54. The van der Waals surface area contributed by atoms with E-state index < -0.39 is 0 Å². The highest BCUT2D eigenvalue weighted by Crippen LogP contribution is 2.33. The number of carbonyl (C=O) groups is 1. The van der Waals surface area contributed by atoms with Crippen molar-refractivity contribution in [3.05, 3.63) is 41.3 Å². The molecule has 1 saturated heterocycles. The smallest absolute Gasteiger partial charge is 0.254 e. The van der Waals surface area contributed by atoms with Crippen LogP contribution in [0, 0.1) is 13.8 Å². The molecule has 0 spiro atoms. The fraction of sp³-hybridized carbons (Fsp3) is 0.389. The van der Waals surface area contributed by atoms with Crippen molar-refractivity contribution in [1.29, 1.82) is 0 Å². The number of nitrogens with zero attached hydrogens (tertiary/aromatic N) is 4. The van der Waals surface area contributed by atoms with Crippen LogP contribution in [0.15, 0.2) is 24.4 Å². The van der Waals surface area contributed by atoms with Crippen LogP contribution in [0.25, 0.3) is 0 Å². The third-order valence-corrected chi connectivity index (χ3v) is 4.54. The molecular formula is C18H20N4O3. The van der Waals surface area contributed by atoms with Crippen molar-refractivity contribution < 1.29 is 14.3 Å². The molecule has 0 N–H and O–H groups in total. The minimum atomic E-state index is 0.0185. The van der Waals surface area contributed by atoms with E-state index in [9.17, 15) is 4.79 Å². The molecule has 1 aromatic carbocycles. The lowest BCUT2D eigenvalue weighted by molar-refractivity contribution is 0.0746. The lowest BCUT2D eigenvalue weighted by Crippen LogP contribution is -2.49. The molecule has 7 heteroatoms. The second kappa shape index (κ2) is 6.23. The number of piperazine rings is 1. The number of carbonyl (C=O) groups excluding carboxylic acids is 1. The van der Waals surface area contributed by atoms with E-state index >= 15 is 0 Å². The first-order valence-electron chi connectivity index (χ1n) is 8.36. The van der Waals surface area contributed by atoms with E-state index in [2.05, 4.69) is 14.9 Å². The number of hydrogen-bond acceptors (Lipinski definition) is 6. The quantitative estimate of drug-likeness (QED) is 0.830. The number of aryl methyl sites for hydroxylation is 2.